The molecule has 0 bridgehead atoms. The molecule has 0 saturated carbocycles. The van der Waals surface area contributed by atoms with E-state index in [9.17, 15) is 9.59 Å². The van der Waals surface area contributed by atoms with Gasteiger partial charge in [-0.25, -0.2) is 13.6 Å². The molecule has 1 aliphatic heterocycles. The number of ketones is 1. The van der Waals surface area contributed by atoms with Crippen molar-refractivity contribution >= 4 is 27.8 Å². The molecule has 9 heteroatoms. The third-order valence-electron chi connectivity index (χ3n) is 8.56. The zero-order valence-electron chi connectivity index (χ0n) is 26.2. The first-order chi connectivity index (χ1) is 22.7. The molecule has 0 aliphatic carbocycles. The third kappa shape index (κ3) is 9.34. The van der Waals surface area contributed by atoms with Gasteiger partial charge in [-0.15, -0.1) is 0 Å². The van der Waals surface area contributed by atoms with Gasteiger partial charge < -0.3 is 20.1 Å². The van der Waals surface area contributed by atoms with Crippen LogP contribution in [0.25, 0.3) is 0 Å². The molecule has 1 heterocycles. The fraction of sp³-hybridized carbons (Fsp3) is 0.316. The number of benzene rings is 4. The molecule has 0 unspecified atom stereocenters. The Hall–Kier alpha value is -3.92. The van der Waals surface area contributed by atoms with E-state index < -0.39 is 42.6 Å². The number of alkyl carbamates (subject to hydrolysis) is 1. The maximum Gasteiger partial charge on any atom is 0.407 e. The lowest BCUT2D eigenvalue weighted by Gasteiger charge is -2.35. The molecule has 6 nitrogen and oxygen atoms in total. The summed E-state index contributed by atoms with van der Waals surface area (Å²) in [6.07, 6.45) is -1.65. The van der Waals surface area contributed by atoms with Crippen LogP contribution in [0.5, 0.6) is 0 Å². The Morgan fingerprint density at radius 1 is 0.894 bits per heavy atom. The number of morpholine rings is 1. The number of carbonyl (C=O) groups excluding carboxylic acids is 2. The second-order valence-electron chi connectivity index (χ2n) is 11.8. The van der Waals surface area contributed by atoms with E-state index in [0.717, 1.165) is 26.7 Å². The summed E-state index contributed by atoms with van der Waals surface area (Å²) in [6.45, 7) is 0.538. The fourth-order valence-corrected chi connectivity index (χ4v) is 6.40. The number of Topliss-reactive ketones (excluding diaryl/α,β-unsaturated/α-hetero) is 1. The molecule has 0 radical (unpaired) electrons. The van der Waals surface area contributed by atoms with Gasteiger partial charge in [-0.3, -0.25) is 4.79 Å². The Kier molecular flexibility index (Phi) is 11.9. The van der Waals surface area contributed by atoms with Crippen LogP contribution in [-0.4, -0.2) is 56.2 Å². The Labute approximate surface area is 283 Å². The fourth-order valence-electron chi connectivity index (χ4n) is 6.13. The number of methoxy groups -OCH3 is 1. The summed E-state index contributed by atoms with van der Waals surface area (Å²) in [5.74, 6) is -3.67. The summed E-state index contributed by atoms with van der Waals surface area (Å²) in [6, 6.07) is 32.8. The van der Waals surface area contributed by atoms with Crippen molar-refractivity contribution in [2.75, 3.05) is 20.2 Å². The average molecular weight is 706 g/mol. The van der Waals surface area contributed by atoms with Gasteiger partial charge in [0, 0.05) is 36.3 Å². The molecule has 5 rings (SSSR count). The predicted molar refractivity (Wildman–Crippen MR) is 182 cm³/mol. The minimum Gasteiger partial charge on any atom is -0.453 e. The molecule has 246 valence electrons. The summed E-state index contributed by atoms with van der Waals surface area (Å²) in [7, 11) is 1.27. The molecule has 1 fully saturated rings. The van der Waals surface area contributed by atoms with Gasteiger partial charge in [0.25, 0.3) is 5.92 Å². The molecule has 2 N–H and O–H groups in total. The van der Waals surface area contributed by atoms with Gasteiger partial charge >= 0.3 is 6.09 Å². The standard InChI is InChI=1S/C38H39BrF2N2O4/c1-46-37(45)43-36(35(28-11-4-2-5-12-28)29-13-6-3-7-14-29)33(44)22-30-15-9-8-10-27(30)18-21-32-24-42-25-34(47-32)38(40,41)23-26-16-19-31(39)20-17-26/h2-17,19-20,32,34-36,42H,18,21-25H2,1H3,(H,43,45)/t32-,34+,36-/m1/s1. The van der Waals surface area contributed by atoms with E-state index in [2.05, 4.69) is 26.6 Å². The van der Waals surface area contributed by atoms with Crippen molar-refractivity contribution in [2.24, 2.45) is 0 Å². The number of ether oxygens (including phenoxy) is 2. The number of carbonyl (C=O) groups is 2. The second-order valence-corrected chi connectivity index (χ2v) is 12.7. The van der Waals surface area contributed by atoms with E-state index in [0.29, 0.717) is 24.9 Å². The normalized spacial score (nSPS) is 17.2. The van der Waals surface area contributed by atoms with Crippen LogP contribution in [-0.2, 0) is 33.5 Å². The monoisotopic (exact) mass is 704 g/mol. The van der Waals surface area contributed by atoms with Crippen LogP contribution in [0.2, 0.25) is 0 Å². The van der Waals surface area contributed by atoms with Gasteiger partial charge in [-0.05, 0) is 52.8 Å². The van der Waals surface area contributed by atoms with Crippen LogP contribution < -0.4 is 10.6 Å². The molecule has 0 spiro atoms. The molecule has 4 aromatic rings. The Bertz CT molecular complexity index is 1570. The van der Waals surface area contributed by atoms with Crippen LogP contribution in [0.15, 0.2) is 114 Å². The molecule has 1 saturated heterocycles. The van der Waals surface area contributed by atoms with Gasteiger partial charge in [0.2, 0.25) is 0 Å². The predicted octanol–water partition coefficient (Wildman–Crippen LogP) is 7.29. The lowest BCUT2D eigenvalue weighted by atomic mass is 9.81. The number of alkyl halides is 2. The summed E-state index contributed by atoms with van der Waals surface area (Å²) in [4.78, 5) is 26.7. The quantitative estimate of drug-likeness (QED) is 0.153. The first kappa shape index (κ1) is 34.4. The van der Waals surface area contributed by atoms with Gasteiger partial charge in [-0.1, -0.05) is 113 Å². The molecule has 0 aromatic heterocycles. The number of rotatable bonds is 13. The largest absolute Gasteiger partial charge is 0.453 e. The first-order valence-electron chi connectivity index (χ1n) is 15.8. The lowest BCUT2D eigenvalue weighted by molar-refractivity contribution is -0.170. The number of halogens is 3. The Morgan fingerprint density at radius 2 is 1.49 bits per heavy atom. The van der Waals surface area contributed by atoms with E-state index in [4.69, 9.17) is 9.47 Å². The van der Waals surface area contributed by atoms with Crippen LogP contribution in [0, 0.1) is 0 Å². The van der Waals surface area contributed by atoms with Gasteiger partial charge in [-0.2, -0.15) is 0 Å². The van der Waals surface area contributed by atoms with Crippen molar-refractivity contribution in [3.05, 3.63) is 141 Å². The minimum absolute atomic E-state index is 0.0681. The molecule has 4 aromatic carbocycles. The number of aryl methyl sites for hydroxylation is 1. The summed E-state index contributed by atoms with van der Waals surface area (Å²) in [5.41, 5.74) is 4.06. The van der Waals surface area contributed by atoms with Crippen LogP contribution in [0.4, 0.5) is 13.6 Å². The molecule has 3 atom stereocenters. The van der Waals surface area contributed by atoms with Crippen molar-refractivity contribution in [2.45, 2.75) is 55.8 Å². The van der Waals surface area contributed by atoms with Crippen molar-refractivity contribution in [1.82, 2.24) is 10.6 Å². The SMILES string of the molecule is COC(=O)N[C@H](C(=O)Cc1ccccc1CC[C@@H]1CNC[C@@H](C(F)(F)Cc2ccc(Br)cc2)O1)C(c1ccccc1)c1ccccc1. The van der Waals surface area contributed by atoms with Crippen LogP contribution in [0.1, 0.15) is 40.2 Å². The van der Waals surface area contributed by atoms with Crippen molar-refractivity contribution in [3.8, 4) is 0 Å². The average Bonchev–Trinajstić information content (AvgIpc) is 3.09. The zero-order valence-corrected chi connectivity index (χ0v) is 27.8. The first-order valence-corrected chi connectivity index (χ1v) is 16.5. The minimum atomic E-state index is -3.04. The van der Waals surface area contributed by atoms with Crippen LogP contribution >= 0.6 is 15.9 Å². The number of hydrogen-bond acceptors (Lipinski definition) is 5. The van der Waals surface area contributed by atoms with E-state index in [1.165, 1.54) is 7.11 Å². The highest BCUT2D eigenvalue weighted by Gasteiger charge is 2.43. The van der Waals surface area contributed by atoms with Crippen molar-refractivity contribution < 1.29 is 27.8 Å². The van der Waals surface area contributed by atoms with Crippen LogP contribution in [0.3, 0.4) is 0 Å². The summed E-state index contributed by atoms with van der Waals surface area (Å²) in [5, 5.41) is 5.95. The summed E-state index contributed by atoms with van der Waals surface area (Å²) < 4.78 is 42.3. The zero-order chi connectivity index (χ0) is 33.2. The molecule has 1 amide bonds. The Morgan fingerprint density at radius 3 is 2.11 bits per heavy atom. The van der Waals surface area contributed by atoms with Crippen molar-refractivity contribution in [1.29, 1.82) is 0 Å². The van der Waals surface area contributed by atoms with Gasteiger partial charge in [0.05, 0.1) is 13.2 Å². The summed E-state index contributed by atoms with van der Waals surface area (Å²) >= 11 is 3.35. The van der Waals surface area contributed by atoms with E-state index in [-0.39, 0.29) is 18.7 Å². The number of amides is 1. The lowest BCUT2D eigenvalue weighted by Crippen LogP contribution is -2.53. The molecule has 1 aliphatic rings. The number of nitrogens with one attached hydrogen (secondary N) is 2. The highest BCUT2D eigenvalue weighted by atomic mass is 79.9. The smallest absolute Gasteiger partial charge is 0.407 e. The highest BCUT2D eigenvalue weighted by molar-refractivity contribution is 9.10. The molecular weight excluding hydrogens is 666 g/mol. The van der Waals surface area contributed by atoms with E-state index in [1.54, 1.807) is 24.3 Å². The maximum atomic E-state index is 15.3. The van der Waals surface area contributed by atoms with Gasteiger partial charge in [0.1, 0.15) is 12.1 Å². The second kappa shape index (κ2) is 16.3. The maximum absolute atomic E-state index is 15.3. The molecular formula is C38H39BrF2N2O4. The van der Waals surface area contributed by atoms with E-state index in [1.807, 2.05) is 84.9 Å². The third-order valence-corrected chi connectivity index (χ3v) is 9.09. The van der Waals surface area contributed by atoms with E-state index >= 15 is 8.78 Å². The molecule has 47 heavy (non-hydrogen) atoms. The van der Waals surface area contributed by atoms with Gasteiger partial charge in [0.15, 0.2) is 5.78 Å². The number of hydrogen-bond donors (Lipinski definition) is 2. The Balaban J connectivity index is 1.30. The van der Waals surface area contributed by atoms with Crippen molar-refractivity contribution in [3.63, 3.8) is 0 Å². The topological polar surface area (TPSA) is 76.7 Å². The highest BCUT2D eigenvalue weighted by Crippen LogP contribution is 2.31.